The highest BCUT2D eigenvalue weighted by Crippen LogP contribution is 2.41. The average molecular weight is 1280 g/mol. The van der Waals surface area contributed by atoms with Crippen molar-refractivity contribution in [1.29, 1.82) is 0 Å². The van der Waals surface area contributed by atoms with Crippen molar-refractivity contribution in [2.45, 2.75) is 134 Å². The van der Waals surface area contributed by atoms with Crippen molar-refractivity contribution in [2.24, 2.45) is 0 Å². The van der Waals surface area contributed by atoms with Gasteiger partial charge >= 0.3 is 0 Å². The Morgan fingerprint density at radius 1 is 0.648 bits per heavy atom. The summed E-state index contributed by atoms with van der Waals surface area (Å²) < 4.78 is 50.7. The van der Waals surface area contributed by atoms with Gasteiger partial charge in [0.25, 0.3) is 5.91 Å². The van der Waals surface area contributed by atoms with Gasteiger partial charge in [-0.05, 0) is 90.9 Å². The Labute approximate surface area is 532 Å². The summed E-state index contributed by atoms with van der Waals surface area (Å²) >= 11 is 0. The summed E-state index contributed by atoms with van der Waals surface area (Å²) in [6.07, 6.45) is -13.7. The van der Waals surface area contributed by atoms with Crippen LogP contribution in [0.5, 0.6) is 34.5 Å². The topological polar surface area (TPSA) is 312 Å². The van der Waals surface area contributed by atoms with Gasteiger partial charge in [-0.1, -0.05) is 39.0 Å². The SMILES string of the molecule is CC(C)c1cc(C(=O)N2Cc3ccc(CN4CCN(C)CC4)cc3C2)c(O[C@@H]2O[C@@H](C)[C@@H](O)[C@@H](O)[C@@H]2O)cc1O.CCc1c(O)cc(O[C@@H]2O[C@@H](C)[C@@H](O)[C@@H](O)[C@@H]2O)c(C(=O)c2ccc(OCCN3CCOCC3)c(OC)c2)c1CC(=O)N(CCOC)CCOC. The summed E-state index contributed by atoms with van der Waals surface area (Å²) in [6.45, 7) is 19.7. The van der Waals surface area contributed by atoms with Crippen LogP contribution < -0.4 is 18.9 Å². The molecule has 91 heavy (non-hydrogen) atoms. The number of fused-ring (bicyclic) bond motifs is 1. The molecule has 8 N–H and O–H groups in total. The smallest absolute Gasteiger partial charge is 0.258 e. The highest BCUT2D eigenvalue weighted by atomic mass is 16.7. The number of aliphatic hydroxyl groups excluding tert-OH is 6. The summed E-state index contributed by atoms with van der Waals surface area (Å²) in [5.74, 6) is -0.949. The van der Waals surface area contributed by atoms with Crippen LogP contribution in [0.3, 0.4) is 0 Å². The maximum Gasteiger partial charge on any atom is 0.258 e. The van der Waals surface area contributed by atoms with Crippen LogP contribution in [0, 0.1) is 0 Å². The molecule has 502 valence electrons. The van der Waals surface area contributed by atoms with Gasteiger partial charge in [-0.3, -0.25) is 24.2 Å². The third kappa shape index (κ3) is 17.3. The summed E-state index contributed by atoms with van der Waals surface area (Å²) in [5, 5.41) is 84.2. The largest absolute Gasteiger partial charge is 0.508 e. The van der Waals surface area contributed by atoms with Crippen LogP contribution in [0.1, 0.15) is 100 Å². The van der Waals surface area contributed by atoms with Crippen LogP contribution in [0.2, 0.25) is 0 Å². The molecule has 4 saturated heterocycles. The van der Waals surface area contributed by atoms with E-state index >= 15 is 0 Å². The first-order valence-electron chi connectivity index (χ1n) is 31.2. The lowest BCUT2D eigenvalue weighted by atomic mass is 9.89. The second-order valence-electron chi connectivity index (χ2n) is 24.1. The summed E-state index contributed by atoms with van der Waals surface area (Å²) in [6, 6.07) is 15.4. The zero-order valence-electron chi connectivity index (χ0n) is 53.7. The predicted molar refractivity (Wildman–Crippen MR) is 332 cm³/mol. The first kappa shape index (κ1) is 70.6. The molecule has 4 aromatic rings. The predicted octanol–water partition coefficient (Wildman–Crippen LogP) is 2.40. The van der Waals surface area contributed by atoms with Crippen molar-refractivity contribution in [2.75, 3.05) is 120 Å². The third-order valence-electron chi connectivity index (χ3n) is 17.4. The molecule has 0 aliphatic carbocycles. The number of phenols is 2. The Kier molecular flexibility index (Phi) is 25.2. The zero-order chi connectivity index (χ0) is 65.8. The number of phenolic OH excluding ortho intramolecular Hbond substituents is 2. The van der Waals surface area contributed by atoms with Gasteiger partial charge in [0, 0.05) is 110 Å². The minimum absolute atomic E-state index is 0.0402. The number of benzene rings is 4. The van der Waals surface area contributed by atoms with Crippen molar-refractivity contribution in [3.05, 3.63) is 105 Å². The van der Waals surface area contributed by atoms with Gasteiger partial charge in [-0.25, -0.2) is 0 Å². The summed E-state index contributed by atoms with van der Waals surface area (Å²) in [5.41, 5.74) is 4.94. The monoisotopic (exact) mass is 1280 g/mol. The number of methoxy groups -OCH3 is 3. The van der Waals surface area contributed by atoms with Gasteiger partial charge in [-0.15, -0.1) is 0 Å². The lowest BCUT2D eigenvalue weighted by Gasteiger charge is -2.39. The van der Waals surface area contributed by atoms with Crippen molar-refractivity contribution < 1.29 is 97.9 Å². The van der Waals surface area contributed by atoms with E-state index in [-0.39, 0.29) is 102 Å². The number of nitrogens with zero attached hydrogens (tertiary/aromatic N) is 5. The van der Waals surface area contributed by atoms with Crippen LogP contribution in [-0.2, 0) is 61.0 Å². The van der Waals surface area contributed by atoms with Gasteiger partial charge < -0.3 is 98.2 Å². The number of carbonyl (C=O) groups is 3. The van der Waals surface area contributed by atoms with E-state index in [2.05, 4.69) is 39.9 Å². The van der Waals surface area contributed by atoms with Crippen molar-refractivity contribution in [1.82, 2.24) is 24.5 Å². The minimum atomic E-state index is -1.70. The van der Waals surface area contributed by atoms with Crippen LogP contribution in [-0.4, -0.2) is 265 Å². The van der Waals surface area contributed by atoms with Crippen LogP contribution in [0.15, 0.2) is 54.6 Å². The molecule has 5 heterocycles. The normalized spacial score (nSPS) is 24.7. The second kappa shape index (κ2) is 32.5. The van der Waals surface area contributed by atoms with E-state index in [1.165, 1.54) is 52.0 Å². The zero-order valence-corrected chi connectivity index (χ0v) is 53.7. The molecule has 0 radical (unpaired) electrons. The summed E-state index contributed by atoms with van der Waals surface area (Å²) in [7, 11) is 6.66. The molecular weight excluding hydrogens is 1180 g/mol. The van der Waals surface area contributed by atoms with Crippen LogP contribution in [0.4, 0.5) is 0 Å². The second-order valence-corrected chi connectivity index (χ2v) is 24.1. The Hall–Kier alpha value is -6.27. The van der Waals surface area contributed by atoms with Gasteiger partial charge in [-0.2, -0.15) is 0 Å². The van der Waals surface area contributed by atoms with Gasteiger partial charge in [0.2, 0.25) is 18.5 Å². The minimum Gasteiger partial charge on any atom is -0.508 e. The summed E-state index contributed by atoms with van der Waals surface area (Å²) in [4.78, 5) is 52.7. The van der Waals surface area contributed by atoms with Crippen molar-refractivity contribution in [3.8, 4) is 34.5 Å². The Bertz CT molecular complexity index is 3080. The molecule has 0 spiro atoms. The van der Waals surface area contributed by atoms with E-state index in [4.69, 9.17) is 42.6 Å². The lowest BCUT2D eigenvalue weighted by molar-refractivity contribution is -0.268. The van der Waals surface area contributed by atoms with Crippen molar-refractivity contribution >= 4 is 17.6 Å². The van der Waals surface area contributed by atoms with Gasteiger partial charge in [0.05, 0.1) is 63.3 Å². The Balaban J connectivity index is 0.000000241. The first-order chi connectivity index (χ1) is 43.5. The molecule has 25 nitrogen and oxygen atoms in total. The number of carbonyl (C=O) groups excluding carboxylic acids is 3. The van der Waals surface area contributed by atoms with E-state index in [1.807, 2.05) is 13.8 Å². The fraction of sp³-hybridized carbons (Fsp3) is 0.591. The number of hydrogen-bond donors (Lipinski definition) is 8. The Morgan fingerprint density at radius 2 is 1.25 bits per heavy atom. The van der Waals surface area contributed by atoms with Gasteiger partial charge in [0.15, 0.2) is 17.3 Å². The third-order valence-corrected chi connectivity index (χ3v) is 17.4. The van der Waals surface area contributed by atoms with Gasteiger partial charge in [0.1, 0.15) is 66.2 Å². The van der Waals surface area contributed by atoms with Crippen molar-refractivity contribution in [3.63, 3.8) is 0 Å². The van der Waals surface area contributed by atoms with E-state index < -0.39 is 67.2 Å². The maximum absolute atomic E-state index is 14.6. The molecule has 0 bridgehead atoms. The molecule has 25 heteroatoms. The maximum atomic E-state index is 14.6. The molecule has 10 atom stereocenters. The average Bonchev–Trinajstić information content (AvgIpc) is 1.11. The van der Waals surface area contributed by atoms with E-state index in [9.17, 15) is 55.2 Å². The standard InChI is InChI=1S/C36H52N2O13.C30H41N3O7/c1-6-24-25(20-30(40)38(12-14-45-3)13-15-46-4)31(29(21-26(24)39)51-36-35(44)34(43)32(41)22(2)50-36)33(42)23-7-8-27(28(19-23)47-5)49-18-11-37-9-16-48-17-10-37;1-17(2)22-12-23(25(13-24(22)34)40-30-28(37)27(36)26(35)18(3)39-30)29(38)33-15-20-6-5-19(11-21(20)16-33)14-32-9-7-31(4)8-10-32/h7-8,19,21-22,32,34-36,39,41,43-44H,6,9-18,20H2,1-5H3;5-6,11-13,17-18,26-28,30,34-37H,7-10,14-16H2,1-4H3/t22-,32+,34+,35-,36-;18-,26+,27+,28-,30-/m00/s1. The number of morpholine rings is 1. The molecule has 4 aromatic carbocycles. The molecule has 0 unspecified atom stereocenters. The number of aromatic hydroxyl groups is 2. The number of ketones is 1. The fourth-order valence-electron chi connectivity index (χ4n) is 11.8. The highest BCUT2D eigenvalue weighted by molar-refractivity contribution is 6.13. The fourth-order valence-corrected chi connectivity index (χ4v) is 11.8. The number of piperazine rings is 1. The van der Waals surface area contributed by atoms with E-state index in [0.29, 0.717) is 62.1 Å². The molecule has 5 aliphatic rings. The van der Waals surface area contributed by atoms with E-state index in [1.54, 1.807) is 41.8 Å². The number of ether oxygens (including phenoxy) is 9. The number of aliphatic hydroxyl groups is 6. The van der Waals surface area contributed by atoms with Crippen LogP contribution in [0.25, 0.3) is 0 Å². The molecule has 0 aromatic heterocycles. The highest BCUT2D eigenvalue weighted by Gasteiger charge is 2.45. The quantitative estimate of drug-likeness (QED) is 0.0467. The molecular formula is C66H93N5O20. The van der Waals surface area contributed by atoms with Crippen LogP contribution >= 0.6 is 0 Å². The number of likely N-dealkylation sites (N-methyl/N-ethyl adjacent to an activating group) is 1. The molecule has 4 fully saturated rings. The first-order valence-corrected chi connectivity index (χ1v) is 31.2. The number of amides is 2. The van der Waals surface area contributed by atoms with E-state index in [0.717, 1.165) is 56.9 Å². The number of hydrogen-bond acceptors (Lipinski definition) is 23. The molecule has 0 saturated carbocycles. The molecule has 5 aliphatic heterocycles. The lowest BCUT2D eigenvalue weighted by Crippen LogP contribution is -2.58. The number of rotatable bonds is 24. The molecule has 2 amide bonds. The molecule has 9 rings (SSSR count). The Morgan fingerprint density at radius 3 is 1.85 bits per heavy atom.